The Kier molecular flexibility index (Phi) is 4.65. The van der Waals surface area contributed by atoms with Gasteiger partial charge in [0.1, 0.15) is 6.54 Å². The molecule has 1 aromatic rings. The number of aliphatic carboxylic acids is 1. The Morgan fingerprint density at radius 1 is 1.30 bits per heavy atom. The number of urea groups is 1. The number of hydrogen-bond donors (Lipinski definition) is 2. The van der Waals surface area contributed by atoms with Crippen LogP contribution < -0.4 is 5.32 Å². The van der Waals surface area contributed by atoms with Gasteiger partial charge in [-0.15, -0.1) is 0 Å². The molecule has 0 aromatic heterocycles. The van der Waals surface area contributed by atoms with E-state index in [0.29, 0.717) is 0 Å². The van der Waals surface area contributed by atoms with Crippen molar-refractivity contribution in [3.63, 3.8) is 0 Å². The second kappa shape index (κ2) is 5.85. The number of rotatable bonds is 3. The molecule has 2 N–H and O–H groups in total. The van der Waals surface area contributed by atoms with Crippen LogP contribution in [0.15, 0.2) is 18.2 Å². The fourth-order valence-electron chi connectivity index (χ4n) is 1.53. The Labute approximate surface area is 115 Å². The Bertz CT molecular complexity index is 527. The van der Waals surface area contributed by atoms with Gasteiger partial charge in [0.25, 0.3) is 0 Å². The molecule has 0 saturated heterocycles. The lowest BCUT2D eigenvalue weighted by atomic mass is 10.1. The fraction of sp³-hybridized carbons (Fsp3) is 0.385. The molecule has 0 spiro atoms. The first-order chi connectivity index (χ1) is 9.12. The van der Waals surface area contributed by atoms with Crippen LogP contribution in [0.1, 0.15) is 20.8 Å². The van der Waals surface area contributed by atoms with E-state index in [0.717, 1.165) is 11.0 Å². The second-order valence-corrected chi connectivity index (χ2v) is 5.18. The van der Waals surface area contributed by atoms with Gasteiger partial charge >= 0.3 is 12.0 Å². The third kappa shape index (κ3) is 3.91. The van der Waals surface area contributed by atoms with E-state index < -0.39 is 35.7 Å². The van der Waals surface area contributed by atoms with Crippen LogP contribution in [0.4, 0.5) is 19.3 Å². The van der Waals surface area contributed by atoms with E-state index in [-0.39, 0.29) is 5.69 Å². The standard InChI is InChI=1S/C13H16F2N2O3/c1-13(2,3)17(7-10(18)19)12(20)16-9-6-4-5-8(14)11(9)15/h4-6H,7H2,1-3H3,(H,16,20)(H,18,19). The highest BCUT2D eigenvalue weighted by atomic mass is 19.2. The first kappa shape index (κ1) is 15.9. The van der Waals surface area contributed by atoms with Crippen molar-refractivity contribution in [2.45, 2.75) is 26.3 Å². The summed E-state index contributed by atoms with van der Waals surface area (Å²) in [6.45, 7) is 4.36. The van der Waals surface area contributed by atoms with Gasteiger partial charge in [-0.05, 0) is 32.9 Å². The lowest BCUT2D eigenvalue weighted by Gasteiger charge is -2.34. The predicted octanol–water partition coefficient (Wildman–Crippen LogP) is 2.68. The molecule has 2 amide bonds. The van der Waals surface area contributed by atoms with Gasteiger partial charge in [0.2, 0.25) is 0 Å². The van der Waals surface area contributed by atoms with E-state index in [4.69, 9.17) is 5.11 Å². The van der Waals surface area contributed by atoms with Gasteiger partial charge < -0.3 is 15.3 Å². The maximum absolute atomic E-state index is 13.5. The van der Waals surface area contributed by atoms with Gasteiger partial charge in [0, 0.05) is 5.54 Å². The normalized spacial score (nSPS) is 11.1. The summed E-state index contributed by atoms with van der Waals surface area (Å²) in [5, 5.41) is 11.0. The van der Waals surface area contributed by atoms with Crippen LogP contribution >= 0.6 is 0 Å². The molecule has 20 heavy (non-hydrogen) atoms. The van der Waals surface area contributed by atoms with Crippen molar-refractivity contribution in [3.8, 4) is 0 Å². The minimum Gasteiger partial charge on any atom is -0.480 e. The molecular weight excluding hydrogens is 270 g/mol. The molecule has 0 radical (unpaired) electrons. The Morgan fingerprint density at radius 3 is 2.40 bits per heavy atom. The monoisotopic (exact) mass is 286 g/mol. The lowest BCUT2D eigenvalue weighted by Crippen LogP contribution is -2.50. The number of amides is 2. The number of anilines is 1. The van der Waals surface area contributed by atoms with Crippen molar-refractivity contribution in [1.82, 2.24) is 4.90 Å². The van der Waals surface area contributed by atoms with Crippen molar-refractivity contribution in [2.24, 2.45) is 0 Å². The largest absolute Gasteiger partial charge is 0.480 e. The van der Waals surface area contributed by atoms with Crippen molar-refractivity contribution in [1.29, 1.82) is 0 Å². The van der Waals surface area contributed by atoms with E-state index in [1.54, 1.807) is 20.8 Å². The number of nitrogens with one attached hydrogen (secondary N) is 1. The number of carboxylic acid groups (broad SMARTS) is 1. The first-order valence-corrected chi connectivity index (χ1v) is 5.87. The molecule has 0 aliphatic rings. The molecule has 0 aliphatic carbocycles. The van der Waals surface area contributed by atoms with Crippen molar-refractivity contribution in [3.05, 3.63) is 29.8 Å². The predicted molar refractivity (Wildman–Crippen MR) is 69.5 cm³/mol. The number of carbonyl (C=O) groups is 2. The van der Waals surface area contributed by atoms with Crippen LogP contribution in [0.2, 0.25) is 0 Å². The summed E-state index contributed by atoms with van der Waals surface area (Å²) in [4.78, 5) is 23.8. The zero-order valence-electron chi connectivity index (χ0n) is 11.4. The molecule has 5 nitrogen and oxygen atoms in total. The van der Waals surface area contributed by atoms with E-state index in [1.807, 2.05) is 0 Å². The summed E-state index contributed by atoms with van der Waals surface area (Å²) in [5.41, 5.74) is -1.12. The van der Waals surface area contributed by atoms with Crippen LogP contribution in [-0.2, 0) is 4.79 Å². The van der Waals surface area contributed by atoms with Crippen LogP contribution in [0.5, 0.6) is 0 Å². The van der Waals surface area contributed by atoms with Gasteiger partial charge in [-0.1, -0.05) is 6.07 Å². The molecule has 1 rings (SSSR count). The summed E-state index contributed by atoms with van der Waals surface area (Å²) < 4.78 is 26.5. The quantitative estimate of drug-likeness (QED) is 0.897. The maximum atomic E-state index is 13.5. The minimum atomic E-state index is -1.20. The fourth-order valence-corrected chi connectivity index (χ4v) is 1.53. The molecule has 1 aromatic carbocycles. The van der Waals surface area contributed by atoms with E-state index in [9.17, 15) is 18.4 Å². The molecule has 110 valence electrons. The molecule has 0 aliphatic heterocycles. The number of halogens is 2. The molecule has 0 heterocycles. The molecule has 7 heteroatoms. The van der Waals surface area contributed by atoms with Gasteiger partial charge in [-0.25, -0.2) is 13.6 Å². The summed E-state index contributed by atoms with van der Waals surface area (Å²) >= 11 is 0. The number of benzene rings is 1. The number of hydrogen-bond acceptors (Lipinski definition) is 2. The van der Waals surface area contributed by atoms with Gasteiger partial charge in [0.15, 0.2) is 11.6 Å². The van der Waals surface area contributed by atoms with Crippen molar-refractivity contribution in [2.75, 3.05) is 11.9 Å². The van der Waals surface area contributed by atoms with Crippen LogP contribution in [0, 0.1) is 11.6 Å². The van der Waals surface area contributed by atoms with E-state index in [1.165, 1.54) is 12.1 Å². The van der Waals surface area contributed by atoms with Gasteiger partial charge in [-0.2, -0.15) is 0 Å². The third-order valence-electron chi connectivity index (χ3n) is 2.54. The number of carboxylic acids is 1. The molecular formula is C13H16F2N2O3. The number of carbonyl (C=O) groups excluding carboxylic acids is 1. The Hall–Kier alpha value is -2.18. The Morgan fingerprint density at radius 2 is 1.90 bits per heavy atom. The SMILES string of the molecule is CC(C)(C)N(CC(=O)O)C(=O)Nc1cccc(F)c1F. The highest BCUT2D eigenvalue weighted by Gasteiger charge is 2.29. The van der Waals surface area contributed by atoms with E-state index in [2.05, 4.69) is 5.32 Å². The first-order valence-electron chi connectivity index (χ1n) is 5.87. The zero-order chi connectivity index (χ0) is 15.5. The van der Waals surface area contributed by atoms with Gasteiger partial charge in [-0.3, -0.25) is 4.79 Å². The highest BCUT2D eigenvalue weighted by Crippen LogP contribution is 2.19. The number of nitrogens with zero attached hydrogens (tertiary/aromatic N) is 1. The summed E-state index contributed by atoms with van der Waals surface area (Å²) in [7, 11) is 0. The molecule has 0 saturated carbocycles. The van der Waals surface area contributed by atoms with Crippen molar-refractivity contribution >= 4 is 17.7 Å². The summed E-state index contributed by atoms with van der Waals surface area (Å²) in [6.07, 6.45) is 0. The zero-order valence-corrected chi connectivity index (χ0v) is 11.4. The lowest BCUT2D eigenvalue weighted by molar-refractivity contribution is -0.138. The van der Waals surface area contributed by atoms with Gasteiger partial charge in [0.05, 0.1) is 5.69 Å². The topological polar surface area (TPSA) is 69.6 Å². The molecule has 0 fully saturated rings. The average molecular weight is 286 g/mol. The van der Waals surface area contributed by atoms with E-state index >= 15 is 0 Å². The third-order valence-corrected chi connectivity index (χ3v) is 2.54. The van der Waals surface area contributed by atoms with Crippen LogP contribution in [-0.4, -0.2) is 34.1 Å². The van der Waals surface area contributed by atoms with Crippen LogP contribution in [0.3, 0.4) is 0 Å². The second-order valence-electron chi connectivity index (χ2n) is 5.18. The Balaban J connectivity index is 2.97. The average Bonchev–Trinajstić information content (AvgIpc) is 2.30. The smallest absolute Gasteiger partial charge is 0.323 e. The van der Waals surface area contributed by atoms with Crippen molar-refractivity contribution < 1.29 is 23.5 Å². The maximum Gasteiger partial charge on any atom is 0.323 e. The molecule has 0 bridgehead atoms. The summed E-state index contributed by atoms with van der Waals surface area (Å²) in [5.74, 6) is -3.48. The minimum absolute atomic E-state index is 0.338. The van der Waals surface area contributed by atoms with Crippen LogP contribution in [0.25, 0.3) is 0 Å². The molecule has 0 atom stereocenters. The summed E-state index contributed by atoms with van der Waals surface area (Å²) in [6, 6.07) is 2.54. The highest BCUT2D eigenvalue weighted by molar-refractivity contribution is 5.92. The molecule has 0 unspecified atom stereocenters.